The summed E-state index contributed by atoms with van der Waals surface area (Å²) in [7, 11) is -4.09. The summed E-state index contributed by atoms with van der Waals surface area (Å²) in [6.07, 6.45) is -1.80. The Kier molecular flexibility index (Phi) is 3.81. The second-order valence-corrected chi connectivity index (χ2v) is 6.24. The lowest BCUT2D eigenvalue weighted by molar-refractivity contribution is -0.138. The zero-order valence-electron chi connectivity index (χ0n) is 10.5. The minimum Gasteiger partial charge on any atom is -0.478 e. The highest BCUT2D eigenvalue weighted by Gasteiger charge is 2.37. The van der Waals surface area contributed by atoms with Crippen LogP contribution in [0.15, 0.2) is 35.2 Å². The van der Waals surface area contributed by atoms with Crippen molar-refractivity contribution in [2.24, 2.45) is 0 Å². The van der Waals surface area contributed by atoms with Crippen molar-refractivity contribution in [2.75, 3.05) is 13.1 Å². The highest BCUT2D eigenvalue weighted by atomic mass is 32.2. The number of benzene rings is 1. The molecule has 114 valence electrons. The quantitative estimate of drug-likeness (QED) is 0.864. The molecular formula is C12H10F3NO4S. The number of carboxylic acid groups (broad SMARTS) is 1. The second-order valence-electron chi connectivity index (χ2n) is 4.30. The summed E-state index contributed by atoms with van der Waals surface area (Å²) in [6, 6.07) is 1.88. The van der Waals surface area contributed by atoms with Gasteiger partial charge in [-0.2, -0.15) is 17.5 Å². The van der Waals surface area contributed by atoms with Crippen LogP contribution in [-0.4, -0.2) is 36.9 Å². The molecule has 0 saturated carbocycles. The standard InChI is InChI=1S/C12H10F3NO4S/c13-12(14,15)10-7-8(3-4-9(10)11(17)18)21(19,20)16-5-1-2-6-16/h1-4,7H,5-6H2,(H,17,18). The van der Waals surface area contributed by atoms with Gasteiger partial charge < -0.3 is 5.11 Å². The van der Waals surface area contributed by atoms with Gasteiger partial charge in [0.1, 0.15) is 0 Å². The first-order chi connectivity index (χ1) is 9.64. The highest BCUT2D eigenvalue weighted by molar-refractivity contribution is 7.89. The van der Waals surface area contributed by atoms with Crippen molar-refractivity contribution in [3.8, 4) is 0 Å². The molecule has 1 heterocycles. The van der Waals surface area contributed by atoms with E-state index in [4.69, 9.17) is 5.11 Å². The first-order valence-corrected chi connectivity index (χ1v) is 7.18. The summed E-state index contributed by atoms with van der Waals surface area (Å²) in [6.45, 7) is 0.148. The van der Waals surface area contributed by atoms with Crippen molar-refractivity contribution in [2.45, 2.75) is 11.1 Å². The van der Waals surface area contributed by atoms with Crippen molar-refractivity contribution >= 4 is 16.0 Å². The van der Waals surface area contributed by atoms with E-state index in [-0.39, 0.29) is 13.1 Å². The Bertz CT molecular complexity index is 702. The summed E-state index contributed by atoms with van der Waals surface area (Å²) < 4.78 is 63.9. The van der Waals surface area contributed by atoms with Crippen LogP contribution in [0.1, 0.15) is 15.9 Å². The SMILES string of the molecule is O=C(O)c1ccc(S(=O)(=O)N2CC=CC2)cc1C(F)(F)F. The topological polar surface area (TPSA) is 74.7 Å². The molecule has 0 saturated heterocycles. The van der Waals surface area contributed by atoms with Gasteiger partial charge in [-0.15, -0.1) is 0 Å². The second kappa shape index (κ2) is 5.15. The lowest BCUT2D eigenvalue weighted by Crippen LogP contribution is -2.29. The minimum atomic E-state index is -4.96. The summed E-state index contributed by atoms with van der Waals surface area (Å²) in [5.74, 6) is -1.77. The van der Waals surface area contributed by atoms with Crippen molar-refractivity contribution in [1.29, 1.82) is 0 Å². The van der Waals surface area contributed by atoms with Crippen LogP contribution >= 0.6 is 0 Å². The van der Waals surface area contributed by atoms with Gasteiger partial charge in [-0.1, -0.05) is 12.2 Å². The average molecular weight is 321 g/mol. The molecule has 0 fully saturated rings. The Labute approximate surface area is 118 Å². The molecule has 0 aromatic heterocycles. The molecule has 5 nitrogen and oxygen atoms in total. The Hall–Kier alpha value is -1.87. The highest BCUT2D eigenvalue weighted by Crippen LogP contribution is 2.34. The van der Waals surface area contributed by atoms with Crippen LogP contribution in [0, 0.1) is 0 Å². The smallest absolute Gasteiger partial charge is 0.417 e. The normalized spacial score (nSPS) is 16.3. The molecule has 0 bridgehead atoms. The number of carbonyl (C=O) groups is 1. The number of halogens is 3. The van der Waals surface area contributed by atoms with E-state index in [9.17, 15) is 26.4 Å². The molecule has 2 rings (SSSR count). The molecule has 1 aromatic carbocycles. The molecule has 0 unspecified atom stereocenters. The van der Waals surface area contributed by atoms with E-state index >= 15 is 0 Å². The Morgan fingerprint density at radius 1 is 1.19 bits per heavy atom. The minimum absolute atomic E-state index is 0.0738. The number of aromatic carboxylic acids is 1. The van der Waals surface area contributed by atoms with Gasteiger partial charge in [0.25, 0.3) is 0 Å². The molecular weight excluding hydrogens is 311 g/mol. The first kappa shape index (κ1) is 15.5. The zero-order valence-corrected chi connectivity index (χ0v) is 11.3. The number of alkyl halides is 3. The molecule has 1 aliphatic rings. The third kappa shape index (κ3) is 2.93. The zero-order chi connectivity index (χ0) is 15.8. The number of rotatable bonds is 3. The summed E-state index contributed by atoms with van der Waals surface area (Å²) in [4.78, 5) is 10.2. The maximum Gasteiger partial charge on any atom is 0.417 e. The largest absolute Gasteiger partial charge is 0.478 e. The van der Waals surface area contributed by atoms with Crippen LogP contribution < -0.4 is 0 Å². The fraction of sp³-hybridized carbons (Fsp3) is 0.250. The molecule has 0 radical (unpaired) electrons. The molecule has 1 aromatic rings. The van der Waals surface area contributed by atoms with Crippen LogP contribution in [0.3, 0.4) is 0 Å². The van der Waals surface area contributed by atoms with Crippen molar-refractivity contribution in [1.82, 2.24) is 4.31 Å². The number of hydrogen-bond donors (Lipinski definition) is 1. The molecule has 0 aliphatic carbocycles. The van der Waals surface area contributed by atoms with E-state index in [1.807, 2.05) is 0 Å². The third-order valence-corrected chi connectivity index (χ3v) is 4.78. The van der Waals surface area contributed by atoms with Gasteiger partial charge in [0.15, 0.2) is 0 Å². The Morgan fingerprint density at radius 2 is 1.76 bits per heavy atom. The van der Waals surface area contributed by atoms with Gasteiger partial charge in [0.2, 0.25) is 10.0 Å². The van der Waals surface area contributed by atoms with Gasteiger partial charge in [0, 0.05) is 13.1 Å². The molecule has 1 N–H and O–H groups in total. The van der Waals surface area contributed by atoms with Gasteiger partial charge >= 0.3 is 12.1 Å². The monoisotopic (exact) mass is 321 g/mol. The van der Waals surface area contributed by atoms with E-state index in [0.717, 1.165) is 10.4 Å². The van der Waals surface area contributed by atoms with Crippen LogP contribution in [0.2, 0.25) is 0 Å². The number of carboxylic acids is 1. The predicted octanol–water partition coefficient (Wildman–Crippen LogP) is 1.96. The Balaban J connectivity index is 2.55. The number of nitrogens with zero attached hydrogens (tertiary/aromatic N) is 1. The van der Waals surface area contributed by atoms with Gasteiger partial charge in [-0.25, -0.2) is 13.2 Å². The lowest BCUT2D eigenvalue weighted by atomic mass is 10.1. The lowest BCUT2D eigenvalue weighted by Gasteiger charge is -2.17. The van der Waals surface area contributed by atoms with Gasteiger partial charge in [-0.3, -0.25) is 0 Å². The van der Waals surface area contributed by atoms with E-state index in [2.05, 4.69) is 0 Å². The fourth-order valence-corrected chi connectivity index (χ4v) is 3.28. The summed E-state index contributed by atoms with van der Waals surface area (Å²) in [5, 5.41) is 8.76. The molecule has 1 aliphatic heterocycles. The Morgan fingerprint density at radius 3 is 2.24 bits per heavy atom. The maximum absolute atomic E-state index is 12.9. The first-order valence-electron chi connectivity index (χ1n) is 5.74. The predicted molar refractivity (Wildman–Crippen MR) is 66.3 cm³/mol. The molecule has 0 amide bonds. The fourth-order valence-electron chi connectivity index (χ4n) is 1.91. The number of sulfonamides is 1. The van der Waals surface area contributed by atoms with Crippen molar-refractivity contribution < 1.29 is 31.5 Å². The van der Waals surface area contributed by atoms with Gasteiger partial charge in [0.05, 0.1) is 16.0 Å². The summed E-state index contributed by atoms with van der Waals surface area (Å²) in [5.41, 5.74) is -2.47. The molecule has 21 heavy (non-hydrogen) atoms. The van der Waals surface area contributed by atoms with E-state index in [0.29, 0.717) is 12.1 Å². The van der Waals surface area contributed by atoms with E-state index in [1.54, 1.807) is 12.2 Å². The van der Waals surface area contributed by atoms with Crippen molar-refractivity contribution in [3.05, 3.63) is 41.5 Å². The van der Waals surface area contributed by atoms with E-state index in [1.165, 1.54) is 0 Å². The van der Waals surface area contributed by atoms with Crippen LogP contribution in [0.4, 0.5) is 13.2 Å². The summed E-state index contributed by atoms with van der Waals surface area (Å²) >= 11 is 0. The third-order valence-electron chi connectivity index (χ3n) is 2.95. The molecule has 9 heteroatoms. The molecule has 0 spiro atoms. The van der Waals surface area contributed by atoms with Crippen LogP contribution in [0.5, 0.6) is 0 Å². The maximum atomic E-state index is 12.9. The van der Waals surface area contributed by atoms with Crippen LogP contribution in [-0.2, 0) is 16.2 Å². The van der Waals surface area contributed by atoms with Crippen LogP contribution in [0.25, 0.3) is 0 Å². The van der Waals surface area contributed by atoms with Crippen molar-refractivity contribution in [3.63, 3.8) is 0 Å². The average Bonchev–Trinajstić information content (AvgIpc) is 2.91. The van der Waals surface area contributed by atoms with E-state index < -0.39 is 38.2 Å². The number of hydrogen-bond acceptors (Lipinski definition) is 3. The van der Waals surface area contributed by atoms with Gasteiger partial charge in [-0.05, 0) is 18.2 Å². The molecule has 0 atom stereocenters.